The second-order valence-electron chi connectivity index (χ2n) is 8.11. The normalized spacial score (nSPS) is 26.4. The Morgan fingerprint density at radius 1 is 1.22 bits per heavy atom. The van der Waals surface area contributed by atoms with Crippen molar-refractivity contribution in [3.05, 3.63) is 59.5 Å². The maximum atomic E-state index is 13.3. The highest BCUT2D eigenvalue weighted by Gasteiger charge is 2.47. The van der Waals surface area contributed by atoms with Crippen LogP contribution >= 0.6 is 0 Å². The summed E-state index contributed by atoms with van der Waals surface area (Å²) in [6.07, 6.45) is 6.74. The predicted molar refractivity (Wildman–Crippen MR) is 104 cm³/mol. The number of carbonyl (C=O) groups excluding carboxylic acids is 1. The van der Waals surface area contributed by atoms with Crippen LogP contribution in [-0.4, -0.2) is 28.5 Å². The molecule has 1 aromatic heterocycles. The molecule has 4 atom stereocenters. The second-order valence-corrected chi connectivity index (χ2v) is 8.11. The van der Waals surface area contributed by atoms with E-state index in [1.807, 2.05) is 6.07 Å². The van der Waals surface area contributed by atoms with Crippen LogP contribution in [0.5, 0.6) is 0 Å². The van der Waals surface area contributed by atoms with Crippen molar-refractivity contribution in [2.24, 2.45) is 5.92 Å². The molecule has 2 fully saturated rings. The SMILES string of the molecule is Cc1ccccc1C1CC1C(=O)N1CCCCCC1CC(O)c1ccco1. The number of aliphatic hydroxyl groups excluding tert-OH is 1. The van der Waals surface area contributed by atoms with Gasteiger partial charge in [0.1, 0.15) is 11.9 Å². The fraction of sp³-hybridized carbons (Fsp3) is 0.522. The van der Waals surface area contributed by atoms with E-state index >= 15 is 0 Å². The number of amides is 1. The first-order chi connectivity index (χ1) is 13.1. The monoisotopic (exact) mass is 367 g/mol. The third kappa shape index (κ3) is 3.96. The van der Waals surface area contributed by atoms with Gasteiger partial charge in [-0.1, -0.05) is 37.1 Å². The molecule has 4 rings (SSSR count). The highest BCUT2D eigenvalue weighted by molar-refractivity contribution is 5.83. The number of carbonyl (C=O) groups is 1. The number of benzene rings is 1. The lowest BCUT2D eigenvalue weighted by Crippen LogP contribution is -2.42. The van der Waals surface area contributed by atoms with Crippen LogP contribution in [0.15, 0.2) is 47.1 Å². The van der Waals surface area contributed by atoms with Crippen LogP contribution in [0.2, 0.25) is 0 Å². The first kappa shape index (κ1) is 18.3. The van der Waals surface area contributed by atoms with Crippen LogP contribution in [0.4, 0.5) is 0 Å². The molecule has 2 aliphatic rings. The van der Waals surface area contributed by atoms with Gasteiger partial charge in [-0.2, -0.15) is 0 Å². The van der Waals surface area contributed by atoms with Gasteiger partial charge in [-0.05, 0) is 55.4 Å². The summed E-state index contributed by atoms with van der Waals surface area (Å²) in [6, 6.07) is 12.1. The maximum absolute atomic E-state index is 13.3. The molecule has 0 bridgehead atoms. The van der Waals surface area contributed by atoms with Crippen molar-refractivity contribution in [3.63, 3.8) is 0 Å². The molecule has 0 spiro atoms. The number of furan rings is 1. The van der Waals surface area contributed by atoms with Gasteiger partial charge in [0, 0.05) is 24.9 Å². The smallest absolute Gasteiger partial charge is 0.226 e. The molecule has 2 heterocycles. The molecule has 1 amide bonds. The Balaban J connectivity index is 1.46. The van der Waals surface area contributed by atoms with Gasteiger partial charge in [0.05, 0.1) is 6.26 Å². The van der Waals surface area contributed by atoms with Crippen molar-refractivity contribution >= 4 is 5.91 Å². The molecular weight excluding hydrogens is 338 g/mol. The van der Waals surface area contributed by atoms with E-state index < -0.39 is 6.10 Å². The molecule has 1 aliphatic carbocycles. The Morgan fingerprint density at radius 2 is 2.07 bits per heavy atom. The van der Waals surface area contributed by atoms with E-state index in [-0.39, 0.29) is 17.9 Å². The molecule has 4 heteroatoms. The van der Waals surface area contributed by atoms with Gasteiger partial charge >= 0.3 is 0 Å². The van der Waals surface area contributed by atoms with E-state index in [2.05, 4.69) is 36.1 Å². The number of nitrogens with zero attached hydrogens (tertiary/aromatic N) is 1. The summed E-state index contributed by atoms with van der Waals surface area (Å²) >= 11 is 0. The number of rotatable bonds is 5. The Bertz CT molecular complexity index is 770. The van der Waals surface area contributed by atoms with Crippen LogP contribution in [0.1, 0.15) is 67.4 Å². The van der Waals surface area contributed by atoms with Gasteiger partial charge < -0.3 is 14.4 Å². The topological polar surface area (TPSA) is 53.7 Å². The van der Waals surface area contributed by atoms with Gasteiger partial charge in [-0.15, -0.1) is 0 Å². The van der Waals surface area contributed by atoms with E-state index in [1.54, 1.807) is 12.3 Å². The zero-order valence-corrected chi connectivity index (χ0v) is 16.0. The lowest BCUT2D eigenvalue weighted by Gasteiger charge is -2.31. The van der Waals surface area contributed by atoms with Gasteiger partial charge in [-0.25, -0.2) is 0 Å². The summed E-state index contributed by atoms with van der Waals surface area (Å²) < 4.78 is 5.36. The van der Waals surface area contributed by atoms with Crippen LogP contribution in [0, 0.1) is 12.8 Å². The Labute approximate surface area is 161 Å². The van der Waals surface area contributed by atoms with Crippen LogP contribution < -0.4 is 0 Å². The molecule has 1 N–H and O–H groups in total. The third-order valence-corrected chi connectivity index (χ3v) is 6.22. The number of aliphatic hydroxyl groups is 1. The van der Waals surface area contributed by atoms with Crippen LogP contribution in [0.25, 0.3) is 0 Å². The molecule has 27 heavy (non-hydrogen) atoms. The molecule has 1 aliphatic heterocycles. The Kier molecular flexibility index (Phi) is 5.35. The minimum Gasteiger partial charge on any atom is -0.467 e. The van der Waals surface area contributed by atoms with Gasteiger partial charge in [-0.3, -0.25) is 4.79 Å². The fourth-order valence-electron chi connectivity index (χ4n) is 4.59. The van der Waals surface area contributed by atoms with Gasteiger partial charge in [0.25, 0.3) is 0 Å². The molecule has 1 saturated carbocycles. The first-order valence-electron chi connectivity index (χ1n) is 10.2. The summed E-state index contributed by atoms with van der Waals surface area (Å²) in [6.45, 7) is 2.94. The standard InChI is InChI=1S/C23H29NO3/c1-16-8-4-5-10-18(16)19-15-20(19)23(26)24-12-6-2-3-9-17(24)14-21(25)22-11-7-13-27-22/h4-5,7-8,10-11,13,17,19-21,25H,2-3,6,9,12,14-15H2,1H3. The minimum atomic E-state index is -0.648. The van der Waals surface area contributed by atoms with E-state index in [0.29, 0.717) is 18.1 Å². The van der Waals surface area contributed by atoms with Crippen molar-refractivity contribution in [3.8, 4) is 0 Å². The zero-order chi connectivity index (χ0) is 18.8. The molecule has 1 aromatic carbocycles. The molecular formula is C23H29NO3. The average Bonchev–Trinajstić information content (AvgIpc) is 3.33. The van der Waals surface area contributed by atoms with Crippen LogP contribution in [0.3, 0.4) is 0 Å². The van der Waals surface area contributed by atoms with E-state index in [4.69, 9.17) is 4.42 Å². The van der Waals surface area contributed by atoms with Crippen molar-refractivity contribution in [1.29, 1.82) is 0 Å². The number of aryl methyl sites for hydroxylation is 1. The third-order valence-electron chi connectivity index (χ3n) is 6.22. The van der Waals surface area contributed by atoms with Crippen molar-refractivity contribution in [1.82, 2.24) is 4.90 Å². The molecule has 0 radical (unpaired) electrons. The Morgan fingerprint density at radius 3 is 2.85 bits per heavy atom. The molecule has 2 aromatic rings. The first-order valence-corrected chi connectivity index (χ1v) is 10.2. The molecule has 4 unspecified atom stereocenters. The maximum Gasteiger partial charge on any atom is 0.226 e. The zero-order valence-electron chi connectivity index (χ0n) is 16.0. The molecule has 144 valence electrons. The number of hydrogen-bond acceptors (Lipinski definition) is 3. The minimum absolute atomic E-state index is 0.0956. The Hall–Kier alpha value is -2.07. The van der Waals surface area contributed by atoms with Crippen molar-refractivity contribution in [2.75, 3.05) is 6.54 Å². The highest BCUT2D eigenvalue weighted by Crippen LogP contribution is 2.50. The average molecular weight is 367 g/mol. The molecule has 4 nitrogen and oxygen atoms in total. The second kappa shape index (κ2) is 7.89. The predicted octanol–water partition coefficient (Wildman–Crippen LogP) is 4.59. The van der Waals surface area contributed by atoms with Crippen molar-refractivity contribution < 1.29 is 14.3 Å². The highest BCUT2D eigenvalue weighted by atomic mass is 16.4. The van der Waals surface area contributed by atoms with E-state index in [1.165, 1.54) is 11.1 Å². The number of hydrogen-bond donors (Lipinski definition) is 1. The van der Waals surface area contributed by atoms with Crippen LogP contribution in [-0.2, 0) is 4.79 Å². The lowest BCUT2D eigenvalue weighted by atomic mass is 10.00. The summed E-state index contributed by atoms with van der Waals surface area (Å²) in [5.74, 6) is 1.34. The van der Waals surface area contributed by atoms with Gasteiger partial charge in [0.15, 0.2) is 0 Å². The molecule has 1 saturated heterocycles. The largest absolute Gasteiger partial charge is 0.467 e. The summed E-state index contributed by atoms with van der Waals surface area (Å²) in [7, 11) is 0. The van der Waals surface area contributed by atoms with E-state index in [9.17, 15) is 9.90 Å². The van der Waals surface area contributed by atoms with Crippen molar-refractivity contribution in [2.45, 2.75) is 63.5 Å². The summed E-state index contributed by atoms with van der Waals surface area (Å²) in [5.41, 5.74) is 2.59. The summed E-state index contributed by atoms with van der Waals surface area (Å²) in [5, 5.41) is 10.5. The lowest BCUT2D eigenvalue weighted by molar-refractivity contribution is -0.135. The number of likely N-dealkylation sites (tertiary alicyclic amines) is 1. The van der Waals surface area contributed by atoms with E-state index in [0.717, 1.165) is 38.6 Å². The van der Waals surface area contributed by atoms with Gasteiger partial charge in [0.2, 0.25) is 5.91 Å². The quantitative estimate of drug-likeness (QED) is 0.841. The fourth-order valence-corrected chi connectivity index (χ4v) is 4.59. The summed E-state index contributed by atoms with van der Waals surface area (Å²) in [4.78, 5) is 15.4.